The minimum absolute atomic E-state index is 0.00574. The summed E-state index contributed by atoms with van der Waals surface area (Å²) in [5, 5.41) is 14.3. The molecule has 0 saturated carbocycles. The van der Waals surface area contributed by atoms with Crippen molar-refractivity contribution in [2.24, 2.45) is 0 Å². The Labute approximate surface area is 195 Å². The monoisotopic (exact) mass is 480 g/mol. The highest BCUT2D eigenvalue weighted by atomic mass is 16.8. The van der Waals surface area contributed by atoms with E-state index >= 15 is 0 Å². The Balaban J connectivity index is 1.52. The maximum absolute atomic E-state index is 12.5. The summed E-state index contributed by atoms with van der Waals surface area (Å²) < 4.78 is 26.5. The zero-order chi connectivity index (χ0) is 24.9. The Morgan fingerprint density at radius 1 is 1.12 bits per heavy atom. The van der Waals surface area contributed by atoms with Crippen LogP contribution in [0.2, 0.25) is 0 Å². The van der Waals surface area contributed by atoms with Gasteiger partial charge in [0.1, 0.15) is 24.9 Å². The molecule has 2 fully saturated rings. The lowest BCUT2D eigenvalue weighted by atomic mass is 10.1. The van der Waals surface area contributed by atoms with Gasteiger partial charge in [-0.2, -0.15) is 0 Å². The van der Waals surface area contributed by atoms with Crippen LogP contribution >= 0.6 is 0 Å². The Morgan fingerprint density at radius 3 is 2.44 bits per heavy atom. The molecule has 3 rings (SSSR count). The number of nitrogens with one attached hydrogen (secondary N) is 2. The third kappa shape index (κ3) is 6.43. The molecule has 2 aliphatic rings. The predicted molar refractivity (Wildman–Crippen MR) is 113 cm³/mol. The van der Waals surface area contributed by atoms with Gasteiger partial charge in [0, 0.05) is 6.42 Å². The van der Waals surface area contributed by atoms with Gasteiger partial charge in [-0.15, -0.1) is 0 Å². The SMILES string of the molecule is COC(=O)[C@H](CCC(=O)NC1OC(C(=O)O)C2OC(C)(C)OC12)NC(=O)OCc1ccccc1. The molecule has 0 aliphatic carbocycles. The third-order valence-corrected chi connectivity index (χ3v) is 5.25. The number of rotatable bonds is 9. The molecule has 4 unspecified atom stereocenters. The minimum atomic E-state index is -1.30. The fourth-order valence-electron chi connectivity index (χ4n) is 3.72. The van der Waals surface area contributed by atoms with Gasteiger partial charge >= 0.3 is 18.0 Å². The Morgan fingerprint density at radius 2 is 1.79 bits per heavy atom. The van der Waals surface area contributed by atoms with Gasteiger partial charge in [-0.1, -0.05) is 30.3 Å². The van der Waals surface area contributed by atoms with Gasteiger partial charge < -0.3 is 39.4 Å². The van der Waals surface area contributed by atoms with Crippen molar-refractivity contribution in [1.82, 2.24) is 10.6 Å². The normalized spacial score (nSPS) is 25.6. The Hall–Kier alpha value is -3.22. The van der Waals surface area contributed by atoms with Crippen LogP contribution in [0.1, 0.15) is 32.3 Å². The number of fused-ring (bicyclic) bond motifs is 1. The summed E-state index contributed by atoms with van der Waals surface area (Å²) in [6, 6.07) is 7.84. The van der Waals surface area contributed by atoms with Crippen molar-refractivity contribution in [3.05, 3.63) is 35.9 Å². The number of carboxylic acids is 1. The van der Waals surface area contributed by atoms with Crippen LogP contribution in [0.15, 0.2) is 30.3 Å². The first-order chi connectivity index (χ1) is 16.1. The molecule has 5 atom stereocenters. The second-order valence-corrected chi connectivity index (χ2v) is 8.27. The summed E-state index contributed by atoms with van der Waals surface area (Å²) in [6.07, 6.45) is -5.20. The van der Waals surface area contributed by atoms with E-state index in [1.54, 1.807) is 38.1 Å². The highest BCUT2D eigenvalue weighted by Crippen LogP contribution is 2.38. The first kappa shape index (κ1) is 25.4. The molecule has 0 aromatic heterocycles. The van der Waals surface area contributed by atoms with Crippen molar-refractivity contribution >= 4 is 23.9 Å². The number of aliphatic carboxylic acids is 1. The van der Waals surface area contributed by atoms with E-state index < -0.39 is 60.3 Å². The van der Waals surface area contributed by atoms with Gasteiger partial charge in [0.25, 0.3) is 0 Å². The number of benzene rings is 1. The molecule has 2 amide bonds. The van der Waals surface area contributed by atoms with Crippen molar-refractivity contribution < 1.29 is 48.0 Å². The lowest BCUT2D eigenvalue weighted by Gasteiger charge is -2.23. The second kappa shape index (κ2) is 10.8. The van der Waals surface area contributed by atoms with Gasteiger partial charge in [-0.25, -0.2) is 14.4 Å². The standard InChI is InChI=1S/C22H28N2O10/c1-22(2)33-15-16(34-22)18(32-17(15)19(26)27)24-14(25)10-9-13(20(28)30-3)23-21(29)31-11-12-7-5-4-6-8-12/h4-8,13,15-18H,9-11H2,1-3H3,(H,23,29)(H,24,25)(H,26,27)/t13-,15?,16?,17?,18?/m0/s1. The zero-order valence-electron chi connectivity index (χ0n) is 19.0. The number of amides is 2. The predicted octanol–water partition coefficient (Wildman–Crippen LogP) is 0.680. The van der Waals surface area contributed by atoms with E-state index in [1.165, 1.54) is 0 Å². The summed E-state index contributed by atoms with van der Waals surface area (Å²) in [7, 11) is 1.16. The van der Waals surface area contributed by atoms with Crippen molar-refractivity contribution in [3.63, 3.8) is 0 Å². The Bertz CT molecular complexity index is 906. The van der Waals surface area contributed by atoms with E-state index in [0.717, 1.165) is 12.7 Å². The number of alkyl carbamates (subject to hydrolysis) is 1. The number of methoxy groups -OCH3 is 1. The van der Waals surface area contributed by atoms with Crippen LogP contribution in [0.3, 0.4) is 0 Å². The minimum Gasteiger partial charge on any atom is -0.479 e. The number of carbonyl (C=O) groups excluding carboxylic acids is 3. The molecular weight excluding hydrogens is 452 g/mol. The number of esters is 1. The third-order valence-electron chi connectivity index (χ3n) is 5.25. The van der Waals surface area contributed by atoms with E-state index in [2.05, 4.69) is 10.6 Å². The van der Waals surface area contributed by atoms with E-state index in [4.69, 9.17) is 23.7 Å². The topological polar surface area (TPSA) is 159 Å². The number of carbonyl (C=O) groups is 4. The summed E-state index contributed by atoms with van der Waals surface area (Å²) in [5.41, 5.74) is 0.766. The molecule has 2 saturated heterocycles. The molecule has 186 valence electrons. The first-order valence-corrected chi connectivity index (χ1v) is 10.7. The molecule has 1 aromatic carbocycles. The molecule has 34 heavy (non-hydrogen) atoms. The van der Waals surface area contributed by atoms with Gasteiger partial charge in [-0.05, 0) is 25.8 Å². The number of ether oxygens (including phenoxy) is 5. The van der Waals surface area contributed by atoms with Gasteiger partial charge in [0.2, 0.25) is 5.91 Å². The highest BCUT2D eigenvalue weighted by Gasteiger charge is 2.58. The maximum Gasteiger partial charge on any atom is 0.408 e. The molecule has 2 heterocycles. The fourth-order valence-corrected chi connectivity index (χ4v) is 3.72. The Kier molecular flexibility index (Phi) is 8.07. The van der Waals surface area contributed by atoms with E-state index in [-0.39, 0.29) is 19.4 Å². The molecule has 2 aliphatic heterocycles. The maximum atomic E-state index is 12.5. The van der Waals surface area contributed by atoms with Crippen LogP contribution in [0.5, 0.6) is 0 Å². The molecule has 0 radical (unpaired) electrons. The zero-order valence-corrected chi connectivity index (χ0v) is 19.0. The van der Waals surface area contributed by atoms with Crippen LogP contribution in [-0.4, -0.2) is 72.5 Å². The molecule has 1 aromatic rings. The van der Waals surface area contributed by atoms with Crippen LogP contribution in [0.25, 0.3) is 0 Å². The molecule has 3 N–H and O–H groups in total. The van der Waals surface area contributed by atoms with Crippen LogP contribution in [0.4, 0.5) is 4.79 Å². The van der Waals surface area contributed by atoms with Crippen molar-refractivity contribution in [3.8, 4) is 0 Å². The van der Waals surface area contributed by atoms with Crippen molar-refractivity contribution in [2.45, 2.75) is 69.7 Å². The quantitative estimate of drug-likeness (QED) is 0.429. The average Bonchev–Trinajstić information content (AvgIpc) is 3.28. The molecule has 12 nitrogen and oxygen atoms in total. The number of hydrogen-bond acceptors (Lipinski definition) is 9. The van der Waals surface area contributed by atoms with Gasteiger partial charge in [0.15, 0.2) is 18.1 Å². The summed E-state index contributed by atoms with van der Waals surface area (Å²) >= 11 is 0. The summed E-state index contributed by atoms with van der Waals surface area (Å²) in [6.45, 7) is 3.27. The van der Waals surface area contributed by atoms with E-state index in [9.17, 15) is 24.3 Å². The van der Waals surface area contributed by atoms with E-state index in [1.807, 2.05) is 6.07 Å². The van der Waals surface area contributed by atoms with E-state index in [0.29, 0.717) is 0 Å². The largest absolute Gasteiger partial charge is 0.479 e. The molecular formula is C22H28N2O10. The molecule has 0 spiro atoms. The van der Waals surface area contributed by atoms with Gasteiger partial charge in [-0.3, -0.25) is 4.79 Å². The fraction of sp³-hybridized carbons (Fsp3) is 0.545. The summed E-state index contributed by atoms with van der Waals surface area (Å²) in [4.78, 5) is 48.2. The first-order valence-electron chi connectivity index (χ1n) is 10.7. The highest BCUT2D eigenvalue weighted by molar-refractivity contribution is 5.83. The molecule has 0 bridgehead atoms. The van der Waals surface area contributed by atoms with Gasteiger partial charge in [0.05, 0.1) is 7.11 Å². The number of hydrogen-bond donors (Lipinski definition) is 3. The lowest BCUT2D eigenvalue weighted by molar-refractivity contribution is -0.197. The average molecular weight is 480 g/mol. The molecule has 12 heteroatoms. The number of carboxylic acid groups (broad SMARTS) is 1. The second-order valence-electron chi connectivity index (χ2n) is 8.27. The van der Waals surface area contributed by atoms with Crippen molar-refractivity contribution in [1.29, 1.82) is 0 Å². The smallest absolute Gasteiger partial charge is 0.408 e. The van der Waals surface area contributed by atoms with Crippen LogP contribution in [0, 0.1) is 0 Å². The van der Waals surface area contributed by atoms with Crippen molar-refractivity contribution in [2.75, 3.05) is 7.11 Å². The van der Waals surface area contributed by atoms with Crippen LogP contribution in [-0.2, 0) is 44.7 Å². The summed E-state index contributed by atoms with van der Waals surface area (Å²) in [5.74, 6) is -3.56. The van der Waals surface area contributed by atoms with Crippen LogP contribution < -0.4 is 10.6 Å². The lowest BCUT2D eigenvalue weighted by Crippen LogP contribution is -2.45.